The Hall–Kier alpha value is -2.81. The average molecular weight is 889 g/mol. The van der Waals surface area contributed by atoms with Crippen LogP contribution >= 0.6 is 7.82 Å². The topological polar surface area (TPSA) is 108 Å². The third-order valence-corrected chi connectivity index (χ3v) is 10.9. The largest absolute Gasteiger partial charge is 0.472 e. The summed E-state index contributed by atoms with van der Waals surface area (Å²) in [6, 6.07) is 0. The van der Waals surface area contributed by atoms with Crippen molar-refractivity contribution in [2.75, 3.05) is 47.5 Å². The molecule has 0 radical (unpaired) electrons. The van der Waals surface area contributed by atoms with Gasteiger partial charge < -0.3 is 18.9 Å². The van der Waals surface area contributed by atoms with Gasteiger partial charge in [-0.2, -0.15) is 0 Å². The fourth-order valence-corrected chi connectivity index (χ4v) is 6.94. The number of phosphoric acid groups is 1. The van der Waals surface area contributed by atoms with Crippen molar-refractivity contribution < 1.29 is 42.1 Å². The fourth-order valence-electron chi connectivity index (χ4n) is 6.20. The van der Waals surface area contributed by atoms with Gasteiger partial charge in [-0.3, -0.25) is 18.6 Å². The molecule has 9 nitrogen and oxygen atoms in total. The first-order chi connectivity index (χ1) is 30.0. The number of nitrogens with zero attached hydrogens (tertiary/aromatic N) is 1. The maximum atomic E-state index is 12.7. The summed E-state index contributed by atoms with van der Waals surface area (Å²) < 4.78 is 34.3. The van der Waals surface area contributed by atoms with Gasteiger partial charge in [-0.15, -0.1) is 0 Å². The molecule has 0 aliphatic heterocycles. The van der Waals surface area contributed by atoms with Crippen LogP contribution in [-0.2, 0) is 32.7 Å². The molecule has 0 rings (SSSR count). The zero-order valence-electron chi connectivity index (χ0n) is 40.1. The van der Waals surface area contributed by atoms with Crippen LogP contribution in [0.1, 0.15) is 181 Å². The van der Waals surface area contributed by atoms with E-state index in [0.717, 1.165) is 83.5 Å². The van der Waals surface area contributed by atoms with E-state index in [1.807, 2.05) is 21.1 Å². The number of quaternary nitrogens is 1. The number of carbonyl (C=O) groups is 2. The monoisotopic (exact) mass is 889 g/mol. The lowest BCUT2D eigenvalue weighted by atomic mass is 10.0. The molecule has 0 aliphatic carbocycles. The minimum Gasteiger partial charge on any atom is -0.462 e. The van der Waals surface area contributed by atoms with Gasteiger partial charge in [0, 0.05) is 12.8 Å². The first-order valence-corrected chi connectivity index (χ1v) is 25.8. The second kappa shape index (κ2) is 43.4. The number of carbonyl (C=O) groups excluding carboxylic acids is 2. The summed E-state index contributed by atoms with van der Waals surface area (Å²) >= 11 is 0. The number of allylic oxidation sites excluding steroid dienone is 14. The van der Waals surface area contributed by atoms with Crippen LogP contribution < -0.4 is 0 Å². The van der Waals surface area contributed by atoms with Crippen LogP contribution in [0.5, 0.6) is 0 Å². The zero-order valence-corrected chi connectivity index (χ0v) is 41.0. The maximum absolute atomic E-state index is 12.7. The van der Waals surface area contributed by atoms with E-state index >= 15 is 0 Å². The minimum atomic E-state index is -4.39. The van der Waals surface area contributed by atoms with Crippen molar-refractivity contribution in [2.45, 2.75) is 187 Å². The minimum absolute atomic E-state index is 0.0225. The molecule has 0 heterocycles. The smallest absolute Gasteiger partial charge is 0.462 e. The Labute approximate surface area is 380 Å². The average Bonchev–Trinajstić information content (AvgIpc) is 3.23. The van der Waals surface area contributed by atoms with E-state index in [1.54, 1.807) is 0 Å². The molecule has 0 saturated heterocycles. The molecule has 0 aromatic heterocycles. The van der Waals surface area contributed by atoms with Gasteiger partial charge in [-0.1, -0.05) is 170 Å². The highest BCUT2D eigenvalue weighted by atomic mass is 31.2. The Morgan fingerprint density at radius 2 is 0.871 bits per heavy atom. The van der Waals surface area contributed by atoms with Gasteiger partial charge in [-0.25, -0.2) is 4.57 Å². The van der Waals surface area contributed by atoms with Gasteiger partial charge in [0.1, 0.15) is 19.8 Å². The Balaban J connectivity index is 4.25. The number of phosphoric ester groups is 1. The fraction of sp³-hybridized carbons (Fsp3) is 0.692. The van der Waals surface area contributed by atoms with E-state index in [9.17, 15) is 19.0 Å². The van der Waals surface area contributed by atoms with Gasteiger partial charge in [0.15, 0.2) is 6.10 Å². The van der Waals surface area contributed by atoms with Crippen LogP contribution in [0.2, 0.25) is 0 Å². The summed E-state index contributed by atoms with van der Waals surface area (Å²) in [5.74, 6) is -0.840. The van der Waals surface area contributed by atoms with Gasteiger partial charge in [0.05, 0.1) is 27.7 Å². The lowest BCUT2D eigenvalue weighted by Gasteiger charge is -2.24. The predicted octanol–water partition coefficient (Wildman–Crippen LogP) is 14.4. The molecule has 2 atom stereocenters. The van der Waals surface area contributed by atoms with Gasteiger partial charge >= 0.3 is 19.8 Å². The number of ether oxygens (including phenoxy) is 2. The molecule has 0 saturated carbocycles. The van der Waals surface area contributed by atoms with E-state index in [4.69, 9.17) is 18.5 Å². The van der Waals surface area contributed by atoms with Gasteiger partial charge in [-0.05, 0) is 83.5 Å². The van der Waals surface area contributed by atoms with Crippen molar-refractivity contribution in [3.63, 3.8) is 0 Å². The Morgan fingerprint density at radius 1 is 0.500 bits per heavy atom. The molecule has 0 aromatic carbocycles. The first-order valence-electron chi connectivity index (χ1n) is 24.3. The molecule has 0 aromatic rings. The Bertz CT molecular complexity index is 1330. The second-order valence-electron chi connectivity index (χ2n) is 17.1. The first kappa shape index (κ1) is 59.2. The summed E-state index contributed by atoms with van der Waals surface area (Å²) in [6.07, 6.45) is 56.4. The van der Waals surface area contributed by atoms with Crippen LogP contribution in [0.3, 0.4) is 0 Å². The van der Waals surface area contributed by atoms with Crippen molar-refractivity contribution in [3.8, 4) is 0 Å². The van der Waals surface area contributed by atoms with Crippen molar-refractivity contribution in [3.05, 3.63) is 85.1 Å². The molecule has 10 heteroatoms. The zero-order chi connectivity index (χ0) is 45.7. The summed E-state index contributed by atoms with van der Waals surface area (Å²) in [5, 5.41) is 0. The normalized spacial score (nSPS) is 14.2. The molecule has 0 amide bonds. The molecule has 0 spiro atoms. The number of esters is 2. The maximum Gasteiger partial charge on any atom is 0.472 e. The summed E-state index contributed by atoms with van der Waals surface area (Å²) in [4.78, 5) is 35.4. The van der Waals surface area contributed by atoms with Gasteiger partial charge in [0.2, 0.25) is 0 Å². The van der Waals surface area contributed by atoms with Crippen LogP contribution in [0.4, 0.5) is 0 Å². The molecular weight excluding hydrogens is 798 g/mol. The summed E-state index contributed by atoms with van der Waals surface area (Å²) in [7, 11) is 1.45. The molecule has 2 unspecified atom stereocenters. The van der Waals surface area contributed by atoms with E-state index in [1.165, 1.54) is 57.8 Å². The Morgan fingerprint density at radius 3 is 1.31 bits per heavy atom. The standard InChI is InChI=1S/C52H90NO8P/c1-6-8-10-12-14-16-18-20-21-22-23-24-25-26-27-28-29-30-31-33-35-37-39-41-43-45-52(55)61-50(49-60-62(56,57)59-47-46-53(3,4)5)48-58-51(54)44-42-40-38-36-34-32-19-17-15-13-11-9-7-2/h8-11,14-17,20-21,23-24,32,34,50H,6-7,12-13,18-19,22,25-31,33,35-49H2,1-5H3/p+1/b10-8-,11-9-,16-14-,17-15-,21-20-,24-23-,34-32-. The quantitative estimate of drug-likeness (QED) is 0.0212. The highest BCUT2D eigenvalue weighted by Crippen LogP contribution is 2.43. The summed E-state index contributed by atoms with van der Waals surface area (Å²) in [5.41, 5.74) is 0. The third kappa shape index (κ3) is 46.7. The number of hydrogen-bond acceptors (Lipinski definition) is 7. The van der Waals surface area contributed by atoms with Crippen LogP contribution in [0.15, 0.2) is 85.1 Å². The highest BCUT2D eigenvalue weighted by Gasteiger charge is 2.27. The molecule has 0 fully saturated rings. The van der Waals surface area contributed by atoms with Gasteiger partial charge in [0.25, 0.3) is 0 Å². The molecule has 356 valence electrons. The van der Waals surface area contributed by atoms with Crippen molar-refractivity contribution in [1.82, 2.24) is 0 Å². The second-order valence-corrected chi connectivity index (χ2v) is 18.5. The number of rotatable bonds is 43. The Kier molecular flexibility index (Phi) is 41.5. The molecule has 0 aliphatic rings. The molecule has 1 N–H and O–H groups in total. The van der Waals surface area contributed by atoms with E-state index in [2.05, 4.69) is 98.9 Å². The third-order valence-electron chi connectivity index (χ3n) is 9.92. The summed E-state index contributed by atoms with van der Waals surface area (Å²) in [6.45, 7) is 4.15. The predicted molar refractivity (Wildman–Crippen MR) is 261 cm³/mol. The lowest BCUT2D eigenvalue weighted by molar-refractivity contribution is -0.870. The van der Waals surface area contributed by atoms with Crippen LogP contribution in [0.25, 0.3) is 0 Å². The van der Waals surface area contributed by atoms with Crippen LogP contribution in [-0.4, -0.2) is 74.9 Å². The van der Waals surface area contributed by atoms with Crippen LogP contribution in [0, 0.1) is 0 Å². The molecule has 62 heavy (non-hydrogen) atoms. The molecular formula is C52H91NO8P+. The number of likely N-dealkylation sites (N-methyl/N-ethyl adjacent to an activating group) is 1. The highest BCUT2D eigenvalue weighted by molar-refractivity contribution is 7.47. The van der Waals surface area contributed by atoms with Crippen molar-refractivity contribution in [2.24, 2.45) is 0 Å². The van der Waals surface area contributed by atoms with E-state index in [-0.39, 0.29) is 26.1 Å². The SMILES string of the molecule is CC/C=C\C/C=C\C/C=C\C/C=C\CCCCCCCCCCCCCCC(=O)OC(COC(=O)CCCCC/C=C\C/C=C\C/C=C\CC)COP(=O)(O)OCC[N+](C)(C)C. The number of hydrogen-bond donors (Lipinski definition) is 1. The number of unbranched alkanes of at least 4 members (excludes halogenated alkanes) is 15. The van der Waals surface area contributed by atoms with E-state index < -0.39 is 32.5 Å². The van der Waals surface area contributed by atoms with Crippen molar-refractivity contribution in [1.29, 1.82) is 0 Å². The molecule has 0 bridgehead atoms. The van der Waals surface area contributed by atoms with Crippen molar-refractivity contribution >= 4 is 19.8 Å². The lowest BCUT2D eigenvalue weighted by Crippen LogP contribution is -2.37. The van der Waals surface area contributed by atoms with E-state index in [0.29, 0.717) is 23.9 Å².